The molecule has 35 heavy (non-hydrogen) atoms. The first-order chi connectivity index (χ1) is 16.9. The molecule has 0 saturated carbocycles. The van der Waals surface area contributed by atoms with Crippen molar-refractivity contribution in [1.82, 2.24) is 15.1 Å². The highest BCUT2D eigenvalue weighted by atomic mass is 16.5. The summed E-state index contributed by atoms with van der Waals surface area (Å²) in [6, 6.07) is 13.2. The third kappa shape index (κ3) is 5.09. The fourth-order valence-electron chi connectivity index (χ4n) is 5.27. The van der Waals surface area contributed by atoms with Crippen molar-refractivity contribution in [2.24, 2.45) is 0 Å². The summed E-state index contributed by atoms with van der Waals surface area (Å²) in [5.41, 5.74) is 3.63. The number of fused-ring (bicyclic) bond motifs is 1. The molecule has 1 N–H and O–H groups in total. The van der Waals surface area contributed by atoms with Crippen LogP contribution in [0.1, 0.15) is 53.7 Å². The van der Waals surface area contributed by atoms with Gasteiger partial charge in [0.05, 0.1) is 18.8 Å². The van der Waals surface area contributed by atoms with Gasteiger partial charge in [-0.05, 0) is 43.5 Å². The molecule has 3 amide bonds. The zero-order valence-electron chi connectivity index (χ0n) is 20.2. The first-order valence-corrected chi connectivity index (χ1v) is 12.2. The van der Waals surface area contributed by atoms with Crippen molar-refractivity contribution >= 4 is 17.7 Å². The van der Waals surface area contributed by atoms with Gasteiger partial charge in [0.1, 0.15) is 18.4 Å². The largest absolute Gasteiger partial charge is 0.489 e. The number of ether oxygens (including phenoxy) is 2. The van der Waals surface area contributed by atoms with E-state index in [0.717, 1.165) is 30.8 Å². The molecule has 0 aromatic heterocycles. The Kier molecular flexibility index (Phi) is 6.58. The summed E-state index contributed by atoms with van der Waals surface area (Å²) in [6.07, 6.45) is 1.07. The Bertz CT molecular complexity index is 1120. The van der Waals surface area contributed by atoms with Gasteiger partial charge in [-0.1, -0.05) is 30.3 Å². The van der Waals surface area contributed by atoms with Gasteiger partial charge in [-0.15, -0.1) is 0 Å². The molecule has 184 valence electrons. The van der Waals surface area contributed by atoms with Gasteiger partial charge in [0, 0.05) is 37.2 Å². The maximum absolute atomic E-state index is 13.0. The van der Waals surface area contributed by atoms with Crippen LogP contribution in [0.15, 0.2) is 42.5 Å². The monoisotopic (exact) mass is 477 g/mol. The molecular weight excluding hydrogens is 446 g/mol. The van der Waals surface area contributed by atoms with Gasteiger partial charge in [-0.25, -0.2) is 0 Å². The summed E-state index contributed by atoms with van der Waals surface area (Å²) >= 11 is 0. The minimum absolute atomic E-state index is 0.198. The Hall–Kier alpha value is -3.23. The molecule has 1 unspecified atom stereocenters. The van der Waals surface area contributed by atoms with E-state index in [2.05, 4.69) is 48.3 Å². The zero-order valence-corrected chi connectivity index (χ0v) is 20.2. The van der Waals surface area contributed by atoms with E-state index in [4.69, 9.17) is 9.47 Å². The minimum atomic E-state index is -0.634. The fourth-order valence-corrected chi connectivity index (χ4v) is 5.27. The van der Waals surface area contributed by atoms with Crippen molar-refractivity contribution < 1.29 is 23.9 Å². The van der Waals surface area contributed by atoms with E-state index in [1.807, 2.05) is 6.07 Å². The Labute approximate surface area is 205 Å². The number of carbonyl (C=O) groups is 3. The average Bonchev–Trinajstić information content (AvgIpc) is 3.15. The third-order valence-electron chi connectivity index (χ3n) is 6.86. The van der Waals surface area contributed by atoms with E-state index in [1.165, 1.54) is 5.56 Å². The van der Waals surface area contributed by atoms with Crippen LogP contribution in [-0.4, -0.2) is 58.9 Å². The lowest BCUT2D eigenvalue weighted by Gasteiger charge is -2.35. The SMILES string of the molecule is C[C@@H]1CN(Cc2ccc(COc3cccc4c3CN(C3CCC(=O)NC3=O)C4=O)cc2)C[C@H](C)O1. The topological polar surface area (TPSA) is 88.2 Å². The van der Waals surface area contributed by atoms with Gasteiger partial charge in [0.25, 0.3) is 5.91 Å². The number of nitrogens with zero attached hydrogens (tertiary/aromatic N) is 2. The molecule has 2 fully saturated rings. The van der Waals surface area contributed by atoms with Gasteiger partial charge >= 0.3 is 0 Å². The lowest BCUT2D eigenvalue weighted by Crippen LogP contribution is -2.52. The van der Waals surface area contributed by atoms with E-state index in [9.17, 15) is 14.4 Å². The molecule has 3 atom stereocenters. The molecule has 0 aliphatic carbocycles. The van der Waals surface area contributed by atoms with Gasteiger partial charge < -0.3 is 14.4 Å². The molecule has 5 rings (SSSR count). The van der Waals surface area contributed by atoms with Crippen molar-refractivity contribution in [3.05, 3.63) is 64.7 Å². The minimum Gasteiger partial charge on any atom is -0.489 e. The highest BCUT2D eigenvalue weighted by Crippen LogP contribution is 2.34. The number of morpholine rings is 1. The molecule has 3 aliphatic heterocycles. The predicted molar refractivity (Wildman–Crippen MR) is 129 cm³/mol. The van der Waals surface area contributed by atoms with Crippen molar-refractivity contribution in [3.8, 4) is 5.75 Å². The second-order valence-corrected chi connectivity index (χ2v) is 9.74. The van der Waals surface area contributed by atoms with Crippen molar-refractivity contribution in [1.29, 1.82) is 0 Å². The Morgan fingerprint density at radius 2 is 1.71 bits per heavy atom. The number of amides is 3. The smallest absolute Gasteiger partial charge is 0.255 e. The Morgan fingerprint density at radius 3 is 2.43 bits per heavy atom. The van der Waals surface area contributed by atoms with Gasteiger partial charge in [-0.3, -0.25) is 24.6 Å². The molecule has 2 aromatic carbocycles. The summed E-state index contributed by atoms with van der Waals surface area (Å²) in [5, 5.41) is 2.34. The second kappa shape index (κ2) is 9.79. The number of hydrogen-bond acceptors (Lipinski definition) is 6. The fraction of sp³-hybridized carbons (Fsp3) is 0.444. The van der Waals surface area contributed by atoms with Crippen LogP contribution >= 0.6 is 0 Å². The number of nitrogens with one attached hydrogen (secondary N) is 1. The molecule has 8 heteroatoms. The van der Waals surface area contributed by atoms with Crippen LogP contribution in [0.4, 0.5) is 0 Å². The van der Waals surface area contributed by atoms with E-state index < -0.39 is 11.9 Å². The number of carbonyl (C=O) groups excluding carboxylic acids is 3. The molecule has 8 nitrogen and oxygen atoms in total. The Balaban J connectivity index is 1.21. The molecule has 3 heterocycles. The molecule has 0 radical (unpaired) electrons. The van der Waals surface area contributed by atoms with Crippen LogP contribution in [0.5, 0.6) is 5.75 Å². The Morgan fingerprint density at radius 1 is 1.00 bits per heavy atom. The van der Waals surface area contributed by atoms with Crippen molar-refractivity contribution in [3.63, 3.8) is 0 Å². The standard InChI is InChI=1S/C27H31N3O5/c1-17-12-29(13-18(2)35-17)14-19-6-8-20(9-7-19)16-34-24-5-3-4-21-22(24)15-30(27(21)33)23-10-11-25(31)28-26(23)32/h3-9,17-18,23H,10-16H2,1-2H3,(H,28,31,32)/t17-,18+,23?. The summed E-state index contributed by atoms with van der Waals surface area (Å²) in [7, 11) is 0. The average molecular weight is 478 g/mol. The number of benzene rings is 2. The number of imide groups is 1. The van der Waals surface area contributed by atoms with Crippen LogP contribution in [0.3, 0.4) is 0 Å². The van der Waals surface area contributed by atoms with Crippen LogP contribution in [0.2, 0.25) is 0 Å². The lowest BCUT2D eigenvalue weighted by molar-refractivity contribution is -0.136. The summed E-state index contributed by atoms with van der Waals surface area (Å²) in [6.45, 7) is 7.67. The molecule has 2 aromatic rings. The van der Waals surface area contributed by atoms with E-state index in [0.29, 0.717) is 30.9 Å². The first kappa shape index (κ1) is 23.5. The van der Waals surface area contributed by atoms with Gasteiger partial charge in [0.15, 0.2) is 0 Å². The highest BCUT2D eigenvalue weighted by Gasteiger charge is 2.40. The molecular formula is C27H31N3O5. The summed E-state index contributed by atoms with van der Waals surface area (Å²) < 4.78 is 11.9. The number of rotatable bonds is 6. The maximum Gasteiger partial charge on any atom is 0.255 e. The van der Waals surface area contributed by atoms with Crippen LogP contribution in [0.25, 0.3) is 0 Å². The van der Waals surface area contributed by atoms with E-state index in [1.54, 1.807) is 17.0 Å². The van der Waals surface area contributed by atoms with Crippen LogP contribution < -0.4 is 10.1 Å². The molecule has 0 spiro atoms. The molecule has 0 bridgehead atoms. The maximum atomic E-state index is 13.0. The van der Waals surface area contributed by atoms with Gasteiger partial charge in [-0.2, -0.15) is 0 Å². The second-order valence-electron chi connectivity index (χ2n) is 9.74. The summed E-state index contributed by atoms with van der Waals surface area (Å²) in [4.78, 5) is 40.7. The van der Waals surface area contributed by atoms with E-state index in [-0.39, 0.29) is 30.4 Å². The van der Waals surface area contributed by atoms with Gasteiger partial charge in [0.2, 0.25) is 11.8 Å². The quantitative estimate of drug-likeness (QED) is 0.644. The van der Waals surface area contributed by atoms with Crippen molar-refractivity contribution in [2.45, 2.75) is 64.6 Å². The molecule has 3 aliphatic rings. The van der Waals surface area contributed by atoms with Crippen molar-refractivity contribution in [2.75, 3.05) is 13.1 Å². The number of hydrogen-bond donors (Lipinski definition) is 1. The zero-order chi connectivity index (χ0) is 24.5. The number of piperidine rings is 1. The lowest BCUT2D eigenvalue weighted by atomic mass is 10.0. The first-order valence-electron chi connectivity index (χ1n) is 12.2. The third-order valence-corrected chi connectivity index (χ3v) is 6.86. The predicted octanol–water partition coefficient (Wildman–Crippen LogP) is 2.64. The van der Waals surface area contributed by atoms with Crippen LogP contribution in [0, 0.1) is 0 Å². The molecule has 2 saturated heterocycles. The highest BCUT2D eigenvalue weighted by molar-refractivity contribution is 6.05. The van der Waals surface area contributed by atoms with E-state index >= 15 is 0 Å². The summed E-state index contributed by atoms with van der Waals surface area (Å²) in [5.74, 6) is -0.257. The normalized spacial score (nSPS) is 24.9. The van der Waals surface area contributed by atoms with Crippen LogP contribution in [-0.2, 0) is 34.0 Å².